The smallest absolute Gasteiger partial charge is 0.119 e. The highest BCUT2D eigenvalue weighted by molar-refractivity contribution is 7.09. The molecule has 5 heteroatoms. The highest BCUT2D eigenvalue weighted by atomic mass is 32.1. The normalized spacial score (nSPS) is 13.2. The van der Waals surface area contributed by atoms with Crippen molar-refractivity contribution >= 4 is 11.3 Å². The summed E-state index contributed by atoms with van der Waals surface area (Å²) < 4.78 is 5.52. The summed E-state index contributed by atoms with van der Waals surface area (Å²) in [5.41, 5.74) is -0.248. The predicted molar refractivity (Wildman–Crippen MR) is 81.1 cm³/mol. The number of aliphatic hydroxyl groups is 1. The van der Waals surface area contributed by atoms with Gasteiger partial charge in [-0.1, -0.05) is 18.2 Å². The minimum atomic E-state index is -0.561. The van der Waals surface area contributed by atoms with E-state index in [0.717, 1.165) is 10.8 Å². The Morgan fingerprint density at radius 1 is 1.35 bits per heavy atom. The van der Waals surface area contributed by atoms with E-state index < -0.39 is 6.10 Å². The minimum Gasteiger partial charge on any atom is -0.491 e. The molecule has 2 aromatic rings. The van der Waals surface area contributed by atoms with Crippen LogP contribution in [0.4, 0.5) is 0 Å². The molecule has 0 aliphatic rings. The number of nitrogens with one attached hydrogen (secondary N) is 1. The number of aromatic nitrogens is 1. The maximum Gasteiger partial charge on any atom is 0.119 e. The van der Waals surface area contributed by atoms with Crippen molar-refractivity contribution in [1.82, 2.24) is 10.3 Å². The summed E-state index contributed by atoms with van der Waals surface area (Å²) in [5, 5.41) is 16.2. The van der Waals surface area contributed by atoms with Crippen LogP contribution < -0.4 is 10.1 Å². The molecule has 1 atom stereocenters. The van der Waals surface area contributed by atoms with Crippen molar-refractivity contribution in [3.8, 4) is 5.75 Å². The van der Waals surface area contributed by atoms with Crippen molar-refractivity contribution in [3.05, 3.63) is 46.9 Å². The Bertz CT molecular complexity index is 500. The molecule has 4 nitrogen and oxygen atoms in total. The largest absolute Gasteiger partial charge is 0.491 e. The Morgan fingerprint density at radius 3 is 2.75 bits per heavy atom. The first-order chi connectivity index (χ1) is 9.58. The average Bonchev–Trinajstić information content (AvgIpc) is 2.99. The molecule has 0 aliphatic carbocycles. The van der Waals surface area contributed by atoms with E-state index in [-0.39, 0.29) is 12.1 Å². The van der Waals surface area contributed by atoms with Crippen LogP contribution >= 0.6 is 11.3 Å². The fraction of sp³-hybridized carbons (Fsp3) is 0.400. The zero-order chi connectivity index (χ0) is 14.4. The van der Waals surface area contributed by atoms with E-state index in [1.54, 1.807) is 17.5 Å². The molecule has 0 spiro atoms. The number of ether oxygens (including phenoxy) is 1. The second kappa shape index (κ2) is 6.83. The zero-order valence-electron chi connectivity index (χ0n) is 11.7. The molecule has 108 valence electrons. The fourth-order valence-corrected chi connectivity index (χ4v) is 2.49. The first-order valence-corrected chi connectivity index (χ1v) is 7.47. The van der Waals surface area contributed by atoms with Crippen LogP contribution in [-0.4, -0.2) is 29.3 Å². The Balaban J connectivity index is 1.76. The van der Waals surface area contributed by atoms with Crippen molar-refractivity contribution in [2.24, 2.45) is 0 Å². The topological polar surface area (TPSA) is 54.4 Å². The molecule has 2 rings (SSSR count). The average molecular weight is 292 g/mol. The lowest BCUT2D eigenvalue weighted by atomic mass is 10.1. The van der Waals surface area contributed by atoms with E-state index in [4.69, 9.17) is 4.74 Å². The quantitative estimate of drug-likeness (QED) is 0.823. The Hall–Kier alpha value is -1.43. The second-order valence-corrected chi connectivity index (χ2v) is 6.02. The van der Waals surface area contributed by atoms with E-state index in [9.17, 15) is 5.11 Å². The van der Waals surface area contributed by atoms with E-state index in [0.29, 0.717) is 6.54 Å². The molecule has 0 amide bonds. The summed E-state index contributed by atoms with van der Waals surface area (Å²) in [6.07, 6.45) is 1.23. The van der Waals surface area contributed by atoms with E-state index in [1.165, 1.54) is 0 Å². The molecule has 1 aromatic carbocycles. The van der Waals surface area contributed by atoms with Gasteiger partial charge in [-0.3, -0.25) is 0 Å². The van der Waals surface area contributed by atoms with Crippen LogP contribution in [0.3, 0.4) is 0 Å². The molecule has 0 radical (unpaired) electrons. The summed E-state index contributed by atoms with van der Waals surface area (Å²) in [6.45, 7) is 4.83. The van der Waals surface area contributed by atoms with Gasteiger partial charge < -0.3 is 15.2 Å². The molecule has 1 aromatic heterocycles. The van der Waals surface area contributed by atoms with Crippen LogP contribution in [0.15, 0.2) is 41.9 Å². The molecular weight excluding hydrogens is 272 g/mol. The van der Waals surface area contributed by atoms with Crippen LogP contribution in [0.5, 0.6) is 5.75 Å². The van der Waals surface area contributed by atoms with Crippen LogP contribution in [0.2, 0.25) is 0 Å². The summed E-state index contributed by atoms with van der Waals surface area (Å²) in [6, 6.07) is 9.50. The number of nitrogens with zero attached hydrogens (tertiary/aromatic N) is 1. The number of para-hydroxylation sites is 1. The maximum atomic E-state index is 9.97. The highest BCUT2D eigenvalue weighted by Crippen LogP contribution is 2.21. The van der Waals surface area contributed by atoms with Crippen molar-refractivity contribution in [1.29, 1.82) is 0 Å². The first-order valence-electron chi connectivity index (χ1n) is 6.59. The van der Waals surface area contributed by atoms with Gasteiger partial charge in [-0.05, 0) is 26.0 Å². The van der Waals surface area contributed by atoms with Crippen LogP contribution in [0, 0.1) is 0 Å². The molecule has 0 bridgehead atoms. The van der Waals surface area contributed by atoms with Crippen molar-refractivity contribution in [2.75, 3.05) is 13.2 Å². The Morgan fingerprint density at radius 2 is 2.10 bits per heavy atom. The lowest BCUT2D eigenvalue weighted by molar-refractivity contribution is 0.0987. The lowest BCUT2D eigenvalue weighted by Gasteiger charge is -2.25. The van der Waals surface area contributed by atoms with Gasteiger partial charge in [-0.15, -0.1) is 11.3 Å². The van der Waals surface area contributed by atoms with Crippen molar-refractivity contribution in [2.45, 2.75) is 25.5 Å². The molecule has 0 fully saturated rings. The van der Waals surface area contributed by atoms with E-state index in [1.807, 2.05) is 35.7 Å². The molecular formula is C15H20N2O2S. The van der Waals surface area contributed by atoms with Crippen molar-refractivity contribution in [3.63, 3.8) is 0 Å². The van der Waals surface area contributed by atoms with Gasteiger partial charge in [0.25, 0.3) is 0 Å². The van der Waals surface area contributed by atoms with E-state index in [2.05, 4.69) is 24.1 Å². The number of rotatable bonds is 7. The van der Waals surface area contributed by atoms with Gasteiger partial charge in [0.15, 0.2) is 0 Å². The molecule has 1 heterocycles. The molecule has 0 aliphatic heterocycles. The van der Waals surface area contributed by atoms with Gasteiger partial charge in [0, 0.05) is 18.1 Å². The lowest BCUT2D eigenvalue weighted by Crippen LogP contribution is -2.42. The fourth-order valence-electron chi connectivity index (χ4n) is 1.75. The molecule has 1 unspecified atom stereocenters. The minimum absolute atomic E-state index is 0.248. The second-order valence-electron chi connectivity index (χ2n) is 5.12. The SMILES string of the molecule is CC(C)(NCC(O)COc1ccccc1)c1nccs1. The monoisotopic (exact) mass is 292 g/mol. The summed E-state index contributed by atoms with van der Waals surface area (Å²) in [5.74, 6) is 0.769. The summed E-state index contributed by atoms with van der Waals surface area (Å²) >= 11 is 1.61. The van der Waals surface area contributed by atoms with Crippen LogP contribution in [0.25, 0.3) is 0 Å². The molecule has 20 heavy (non-hydrogen) atoms. The molecule has 2 N–H and O–H groups in total. The third-order valence-corrected chi connectivity index (χ3v) is 4.03. The van der Waals surface area contributed by atoms with E-state index >= 15 is 0 Å². The van der Waals surface area contributed by atoms with Gasteiger partial charge in [0.1, 0.15) is 23.5 Å². The van der Waals surface area contributed by atoms with Gasteiger partial charge >= 0.3 is 0 Å². The van der Waals surface area contributed by atoms with Gasteiger partial charge in [-0.25, -0.2) is 4.98 Å². The third-order valence-electron chi connectivity index (χ3n) is 2.93. The highest BCUT2D eigenvalue weighted by Gasteiger charge is 2.23. The van der Waals surface area contributed by atoms with Gasteiger partial charge in [-0.2, -0.15) is 0 Å². The summed E-state index contributed by atoms with van der Waals surface area (Å²) in [7, 11) is 0. The number of aliphatic hydroxyl groups excluding tert-OH is 1. The van der Waals surface area contributed by atoms with Gasteiger partial charge in [0.2, 0.25) is 0 Å². The Kier molecular flexibility index (Phi) is 5.11. The standard InChI is InChI=1S/C15H20N2O2S/c1-15(2,14-16-8-9-20-14)17-10-12(18)11-19-13-6-4-3-5-7-13/h3-9,12,17-18H,10-11H2,1-2H3. The van der Waals surface area contributed by atoms with Crippen molar-refractivity contribution < 1.29 is 9.84 Å². The third kappa shape index (κ3) is 4.30. The number of benzene rings is 1. The van der Waals surface area contributed by atoms with Gasteiger partial charge in [0.05, 0.1) is 5.54 Å². The van der Waals surface area contributed by atoms with Crippen LogP contribution in [0.1, 0.15) is 18.9 Å². The summed E-state index contributed by atoms with van der Waals surface area (Å²) in [4.78, 5) is 4.30. The number of hydrogen-bond acceptors (Lipinski definition) is 5. The molecule has 0 saturated heterocycles. The predicted octanol–water partition coefficient (Wildman–Crippen LogP) is 2.41. The maximum absolute atomic E-state index is 9.97. The zero-order valence-corrected chi connectivity index (χ0v) is 12.6. The number of hydrogen-bond donors (Lipinski definition) is 2. The molecule has 0 saturated carbocycles. The van der Waals surface area contributed by atoms with Crippen LogP contribution in [-0.2, 0) is 5.54 Å². The Labute approximate surface area is 123 Å². The first kappa shape index (κ1) is 15.0. The number of thiazole rings is 1.